The van der Waals surface area contributed by atoms with Crippen molar-refractivity contribution in [1.82, 2.24) is 21.3 Å². The third-order valence-corrected chi connectivity index (χ3v) is 5.63. The number of carbonyl (C=O) groups excluding carboxylic acids is 3. The fraction of sp³-hybridized carbons (Fsp3) is 0.542. The molecule has 2 rings (SSSR count). The highest BCUT2D eigenvalue weighted by atomic mass is 16.4. The Morgan fingerprint density at radius 1 is 0.943 bits per heavy atom. The smallest absolute Gasteiger partial charge is 0.326 e. The van der Waals surface area contributed by atoms with E-state index in [-0.39, 0.29) is 24.3 Å². The van der Waals surface area contributed by atoms with Crippen LogP contribution in [0.2, 0.25) is 0 Å². The number of carbonyl (C=O) groups is 5. The molecule has 1 aliphatic heterocycles. The molecule has 11 nitrogen and oxygen atoms in total. The van der Waals surface area contributed by atoms with Gasteiger partial charge in [-0.2, -0.15) is 0 Å². The van der Waals surface area contributed by atoms with Crippen LogP contribution in [0.5, 0.6) is 0 Å². The second-order valence-electron chi connectivity index (χ2n) is 9.09. The first kappa shape index (κ1) is 27.8. The molecule has 4 unspecified atom stereocenters. The first-order valence-electron chi connectivity index (χ1n) is 11.7. The number of carboxylic acid groups (broad SMARTS) is 2. The van der Waals surface area contributed by atoms with Crippen molar-refractivity contribution in [2.75, 3.05) is 6.54 Å². The molecule has 0 bridgehead atoms. The molecule has 6 N–H and O–H groups in total. The van der Waals surface area contributed by atoms with Crippen molar-refractivity contribution in [1.29, 1.82) is 0 Å². The number of rotatable bonds is 13. The minimum absolute atomic E-state index is 0.0460. The molecule has 3 amide bonds. The molecule has 1 aliphatic rings. The van der Waals surface area contributed by atoms with Gasteiger partial charge in [-0.1, -0.05) is 44.2 Å². The third-order valence-electron chi connectivity index (χ3n) is 5.63. The van der Waals surface area contributed by atoms with Gasteiger partial charge in [0.2, 0.25) is 17.7 Å². The van der Waals surface area contributed by atoms with Gasteiger partial charge in [0.1, 0.15) is 18.1 Å². The van der Waals surface area contributed by atoms with E-state index in [0.29, 0.717) is 18.4 Å². The molecule has 1 fully saturated rings. The van der Waals surface area contributed by atoms with Crippen molar-refractivity contribution in [3.05, 3.63) is 35.9 Å². The minimum Gasteiger partial charge on any atom is -0.481 e. The fourth-order valence-corrected chi connectivity index (χ4v) is 3.86. The second kappa shape index (κ2) is 13.4. The number of benzene rings is 1. The molecule has 1 heterocycles. The van der Waals surface area contributed by atoms with Crippen LogP contribution >= 0.6 is 0 Å². The maximum atomic E-state index is 13.2. The highest BCUT2D eigenvalue weighted by Crippen LogP contribution is 2.11. The number of amides is 3. The first-order valence-corrected chi connectivity index (χ1v) is 11.7. The van der Waals surface area contributed by atoms with Crippen LogP contribution in [0, 0.1) is 5.92 Å². The first-order chi connectivity index (χ1) is 16.6. The monoisotopic (exact) mass is 490 g/mol. The van der Waals surface area contributed by atoms with Gasteiger partial charge in [0.15, 0.2) is 0 Å². The average Bonchev–Trinajstić information content (AvgIpc) is 3.33. The summed E-state index contributed by atoms with van der Waals surface area (Å²) in [5, 5.41) is 29.0. The molecular weight excluding hydrogens is 456 g/mol. The van der Waals surface area contributed by atoms with Crippen LogP contribution in [0.15, 0.2) is 30.3 Å². The summed E-state index contributed by atoms with van der Waals surface area (Å²) in [4.78, 5) is 61.2. The molecular formula is C24H34N4O7. The average molecular weight is 491 g/mol. The number of aliphatic carboxylic acids is 2. The summed E-state index contributed by atoms with van der Waals surface area (Å²) in [7, 11) is 0. The third kappa shape index (κ3) is 9.36. The second-order valence-corrected chi connectivity index (χ2v) is 9.09. The van der Waals surface area contributed by atoms with Crippen LogP contribution in [0.1, 0.15) is 45.1 Å². The Kier molecular flexibility index (Phi) is 10.7. The van der Waals surface area contributed by atoms with Gasteiger partial charge in [-0.3, -0.25) is 19.2 Å². The lowest BCUT2D eigenvalue weighted by molar-refractivity contribution is -0.147. The van der Waals surface area contributed by atoms with E-state index >= 15 is 0 Å². The number of hydrogen-bond donors (Lipinski definition) is 6. The van der Waals surface area contributed by atoms with E-state index in [4.69, 9.17) is 5.11 Å². The van der Waals surface area contributed by atoms with E-state index in [9.17, 15) is 29.1 Å². The largest absolute Gasteiger partial charge is 0.481 e. The van der Waals surface area contributed by atoms with Crippen LogP contribution in [0.25, 0.3) is 0 Å². The van der Waals surface area contributed by atoms with E-state index in [0.717, 1.165) is 13.0 Å². The van der Waals surface area contributed by atoms with Crippen LogP contribution in [0.4, 0.5) is 0 Å². The molecule has 1 saturated heterocycles. The Labute approximate surface area is 204 Å². The van der Waals surface area contributed by atoms with E-state index in [1.165, 1.54) is 0 Å². The van der Waals surface area contributed by atoms with Crippen molar-refractivity contribution in [2.45, 2.75) is 70.1 Å². The van der Waals surface area contributed by atoms with Gasteiger partial charge in [0, 0.05) is 6.42 Å². The van der Waals surface area contributed by atoms with E-state index in [2.05, 4.69) is 21.3 Å². The Balaban J connectivity index is 2.20. The predicted molar refractivity (Wildman–Crippen MR) is 126 cm³/mol. The predicted octanol–water partition coefficient (Wildman–Crippen LogP) is 0.0409. The summed E-state index contributed by atoms with van der Waals surface area (Å²) < 4.78 is 0. The highest BCUT2D eigenvalue weighted by molar-refractivity contribution is 5.94. The van der Waals surface area contributed by atoms with Gasteiger partial charge in [-0.15, -0.1) is 0 Å². The maximum Gasteiger partial charge on any atom is 0.326 e. The molecule has 0 spiro atoms. The lowest BCUT2D eigenvalue weighted by atomic mass is 10.0. The summed E-state index contributed by atoms with van der Waals surface area (Å²) in [6, 6.07) is 4.68. The van der Waals surface area contributed by atoms with E-state index in [1.807, 2.05) is 13.8 Å². The topological polar surface area (TPSA) is 174 Å². The summed E-state index contributed by atoms with van der Waals surface area (Å²) in [6.45, 7) is 4.52. The number of carboxylic acids is 2. The van der Waals surface area contributed by atoms with Gasteiger partial charge in [0.05, 0.1) is 12.5 Å². The molecule has 35 heavy (non-hydrogen) atoms. The maximum absolute atomic E-state index is 13.2. The normalized spacial score (nSPS) is 17.7. The molecule has 4 atom stereocenters. The molecule has 11 heteroatoms. The molecule has 1 aromatic carbocycles. The molecule has 192 valence electrons. The lowest BCUT2D eigenvalue weighted by Gasteiger charge is -2.26. The van der Waals surface area contributed by atoms with E-state index < -0.39 is 48.3 Å². The van der Waals surface area contributed by atoms with Crippen molar-refractivity contribution >= 4 is 29.7 Å². The standard InChI is InChI=1S/C24H34N4O7/c1-14(2)11-17(26-21(31)16-9-6-10-25-16)22(32)27-18(12-15-7-4-3-5-8-15)23(33)28-19(24(34)35)13-20(29)30/h3-5,7-8,14,16-19,25H,6,9-13H2,1-2H3,(H,26,31)(H,27,32)(H,28,33)(H,29,30)(H,34,35). The Bertz CT molecular complexity index is 900. The van der Waals surface area contributed by atoms with Crippen molar-refractivity contribution < 1.29 is 34.2 Å². The molecule has 0 aliphatic carbocycles. The van der Waals surface area contributed by atoms with Crippen LogP contribution in [0.3, 0.4) is 0 Å². The van der Waals surface area contributed by atoms with Crippen LogP contribution in [-0.4, -0.2) is 70.6 Å². The van der Waals surface area contributed by atoms with Gasteiger partial charge in [-0.05, 0) is 37.3 Å². The lowest BCUT2D eigenvalue weighted by Crippen LogP contribution is -2.58. The fourth-order valence-electron chi connectivity index (χ4n) is 3.86. The van der Waals surface area contributed by atoms with Crippen LogP contribution in [-0.2, 0) is 30.4 Å². The zero-order valence-corrected chi connectivity index (χ0v) is 20.0. The van der Waals surface area contributed by atoms with Crippen molar-refractivity contribution in [3.8, 4) is 0 Å². The summed E-state index contributed by atoms with van der Waals surface area (Å²) in [5.74, 6) is -4.52. The van der Waals surface area contributed by atoms with Crippen molar-refractivity contribution in [2.24, 2.45) is 5.92 Å². The Morgan fingerprint density at radius 2 is 1.57 bits per heavy atom. The zero-order chi connectivity index (χ0) is 26.0. The molecule has 0 saturated carbocycles. The number of hydrogen-bond acceptors (Lipinski definition) is 6. The highest BCUT2D eigenvalue weighted by Gasteiger charge is 2.32. The quantitative estimate of drug-likeness (QED) is 0.225. The summed E-state index contributed by atoms with van der Waals surface area (Å²) >= 11 is 0. The number of nitrogens with one attached hydrogen (secondary N) is 4. The molecule has 0 radical (unpaired) electrons. The SMILES string of the molecule is CC(C)CC(NC(=O)C1CCCN1)C(=O)NC(Cc1ccccc1)C(=O)NC(CC(=O)O)C(=O)O. The molecule has 1 aromatic rings. The minimum atomic E-state index is -1.66. The Morgan fingerprint density at radius 3 is 2.11 bits per heavy atom. The van der Waals surface area contributed by atoms with Gasteiger partial charge < -0.3 is 31.5 Å². The Hall–Kier alpha value is -3.47. The zero-order valence-electron chi connectivity index (χ0n) is 20.0. The van der Waals surface area contributed by atoms with Gasteiger partial charge in [-0.25, -0.2) is 4.79 Å². The summed E-state index contributed by atoms with van der Waals surface area (Å²) in [5.41, 5.74) is 0.706. The van der Waals surface area contributed by atoms with Crippen LogP contribution < -0.4 is 21.3 Å². The van der Waals surface area contributed by atoms with Gasteiger partial charge in [0.25, 0.3) is 0 Å². The van der Waals surface area contributed by atoms with Crippen molar-refractivity contribution in [3.63, 3.8) is 0 Å². The molecule has 0 aromatic heterocycles. The summed E-state index contributed by atoms with van der Waals surface area (Å²) in [6.07, 6.45) is 1.10. The van der Waals surface area contributed by atoms with E-state index in [1.54, 1.807) is 30.3 Å². The van der Waals surface area contributed by atoms with Gasteiger partial charge >= 0.3 is 11.9 Å².